The van der Waals surface area contributed by atoms with Crippen LogP contribution in [0.5, 0.6) is 11.5 Å². The monoisotopic (exact) mass is 266 g/mol. The number of benzene rings is 1. The average Bonchev–Trinajstić information content (AvgIpc) is 2.46. The number of ketones is 1. The number of rotatable bonds is 2. The maximum absolute atomic E-state index is 14.2. The van der Waals surface area contributed by atoms with Crippen molar-refractivity contribution < 1.29 is 18.7 Å². The normalized spacial score (nSPS) is 17.6. The molecule has 2 rings (SSSR count). The van der Waals surface area contributed by atoms with Crippen molar-refractivity contribution in [2.75, 3.05) is 14.2 Å². The van der Waals surface area contributed by atoms with Gasteiger partial charge in [0.05, 0.1) is 19.8 Å². The Morgan fingerprint density at radius 1 is 1.26 bits per heavy atom. The molecule has 0 aromatic heterocycles. The molecule has 0 amide bonds. The van der Waals surface area contributed by atoms with Crippen LogP contribution in [0.4, 0.5) is 4.39 Å². The van der Waals surface area contributed by atoms with Gasteiger partial charge in [-0.05, 0) is 18.3 Å². The average molecular weight is 266 g/mol. The maximum Gasteiger partial charge on any atom is 0.172 e. The van der Waals surface area contributed by atoms with Crippen LogP contribution in [-0.2, 0) is 6.42 Å². The Bertz CT molecular complexity index is 521. The highest BCUT2D eigenvalue weighted by Gasteiger charge is 2.33. The summed E-state index contributed by atoms with van der Waals surface area (Å²) in [5.74, 6) is 0.152. The number of ether oxygens (including phenoxy) is 2. The van der Waals surface area contributed by atoms with Crippen molar-refractivity contribution in [2.24, 2.45) is 5.41 Å². The number of halogens is 1. The van der Waals surface area contributed by atoms with Gasteiger partial charge in [-0.15, -0.1) is 0 Å². The summed E-state index contributed by atoms with van der Waals surface area (Å²) in [6, 6.07) is 1.29. The van der Waals surface area contributed by atoms with Crippen LogP contribution in [0.2, 0.25) is 0 Å². The lowest BCUT2D eigenvalue weighted by molar-refractivity contribution is 0.0930. The van der Waals surface area contributed by atoms with Crippen LogP contribution in [-0.4, -0.2) is 20.0 Å². The van der Waals surface area contributed by atoms with E-state index in [9.17, 15) is 9.18 Å². The molecule has 1 aliphatic rings. The van der Waals surface area contributed by atoms with E-state index in [0.29, 0.717) is 29.7 Å². The van der Waals surface area contributed by atoms with Crippen LogP contribution in [0.15, 0.2) is 6.07 Å². The molecule has 0 bridgehead atoms. The maximum atomic E-state index is 14.2. The first-order chi connectivity index (χ1) is 8.89. The van der Waals surface area contributed by atoms with Gasteiger partial charge in [0.1, 0.15) is 5.82 Å². The molecule has 0 saturated heterocycles. The number of Topliss-reactive ketones (excluding diaryl/α,β-unsaturated/α-hetero) is 1. The van der Waals surface area contributed by atoms with Crippen LogP contribution < -0.4 is 9.47 Å². The lowest BCUT2D eigenvalue weighted by Gasteiger charge is -2.20. The number of carbonyl (C=O) groups excluding carboxylic acids is 1. The summed E-state index contributed by atoms with van der Waals surface area (Å²) in [4.78, 5) is 12.4. The molecule has 0 radical (unpaired) electrons. The number of hydrogen-bond donors (Lipinski definition) is 0. The lowest BCUT2D eigenvalue weighted by Crippen LogP contribution is -2.15. The van der Waals surface area contributed by atoms with Gasteiger partial charge < -0.3 is 9.47 Å². The first kappa shape index (κ1) is 13.8. The molecule has 1 aromatic rings. The van der Waals surface area contributed by atoms with E-state index < -0.39 is 5.82 Å². The topological polar surface area (TPSA) is 35.5 Å². The first-order valence-electron chi connectivity index (χ1n) is 6.36. The summed E-state index contributed by atoms with van der Waals surface area (Å²) < 4.78 is 24.5. The molecule has 4 heteroatoms. The minimum absolute atomic E-state index is 0.0767. The number of methoxy groups -OCH3 is 2. The van der Waals surface area contributed by atoms with Gasteiger partial charge in [0, 0.05) is 18.1 Å². The Labute approximate surface area is 112 Å². The molecule has 0 unspecified atom stereocenters. The van der Waals surface area contributed by atoms with E-state index in [1.165, 1.54) is 20.3 Å². The van der Waals surface area contributed by atoms with Gasteiger partial charge in [0.25, 0.3) is 0 Å². The molecule has 1 aromatic carbocycles. The number of fused-ring (bicyclic) bond motifs is 1. The van der Waals surface area contributed by atoms with E-state index in [2.05, 4.69) is 0 Å². The second kappa shape index (κ2) is 4.83. The van der Waals surface area contributed by atoms with E-state index >= 15 is 0 Å². The van der Waals surface area contributed by atoms with Crippen molar-refractivity contribution in [1.82, 2.24) is 0 Å². The molecule has 0 saturated carbocycles. The highest BCUT2D eigenvalue weighted by molar-refractivity contribution is 6.01. The van der Waals surface area contributed by atoms with Crippen molar-refractivity contribution in [2.45, 2.75) is 33.1 Å². The fourth-order valence-electron chi connectivity index (χ4n) is 2.62. The van der Waals surface area contributed by atoms with Gasteiger partial charge in [-0.2, -0.15) is 0 Å². The molecule has 0 N–H and O–H groups in total. The lowest BCUT2D eigenvalue weighted by atomic mass is 9.84. The van der Waals surface area contributed by atoms with Crippen LogP contribution in [0.1, 0.15) is 42.6 Å². The second-order valence-corrected chi connectivity index (χ2v) is 5.71. The van der Waals surface area contributed by atoms with E-state index in [0.717, 1.165) is 6.42 Å². The molecule has 0 fully saturated rings. The standard InChI is InChI=1S/C15H19FO3/c1-15(2)6-5-9-10(16)7-12(18-3)14(19-4)13(9)11(17)8-15/h7H,5-6,8H2,1-4H3. The van der Waals surface area contributed by atoms with Crippen molar-refractivity contribution >= 4 is 5.78 Å². The second-order valence-electron chi connectivity index (χ2n) is 5.71. The van der Waals surface area contributed by atoms with Gasteiger partial charge in [-0.25, -0.2) is 4.39 Å². The fourth-order valence-corrected chi connectivity index (χ4v) is 2.62. The van der Waals surface area contributed by atoms with Crippen molar-refractivity contribution in [3.8, 4) is 11.5 Å². The molecular weight excluding hydrogens is 247 g/mol. The molecule has 0 aliphatic heterocycles. The predicted octanol–water partition coefficient (Wildman–Crippen LogP) is 3.39. The van der Waals surface area contributed by atoms with Gasteiger partial charge in [0.2, 0.25) is 0 Å². The Morgan fingerprint density at radius 3 is 2.53 bits per heavy atom. The molecule has 0 heterocycles. The zero-order valence-electron chi connectivity index (χ0n) is 11.8. The molecule has 1 aliphatic carbocycles. The SMILES string of the molecule is COc1cc(F)c2c(c1OC)C(=O)CC(C)(C)CC2. The molecule has 0 spiro atoms. The molecule has 19 heavy (non-hydrogen) atoms. The summed E-state index contributed by atoms with van der Waals surface area (Å²) in [5.41, 5.74) is 0.680. The highest BCUT2D eigenvalue weighted by atomic mass is 19.1. The Morgan fingerprint density at radius 2 is 1.95 bits per heavy atom. The summed E-state index contributed by atoms with van der Waals surface area (Å²) in [6.45, 7) is 4.05. The van der Waals surface area contributed by atoms with Crippen LogP contribution in [0.3, 0.4) is 0 Å². The Balaban J connectivity index is 2.66. The third-order valence-corrected chi connectivity index (χ3v) is 3.69. The van der Waals surface area contributed by atoms with Crippen molar-refractivity contribution in [3.63, 3.8) is 0 Å². The minimum Gasteiger partial charge on any atom is -0.493 e. The van der Waals surface area contributed by atoms with Gasteiger partial charge in [-0.1, -0.05) is 13.8 Å². The van der Waals surface area contributed by atoms with E-state index in [-0.39, 0.29) is 16.9 Å². The number of hydrogen-bond acceptors (Lipinski definition) is 3. The van der Waals surface area contributed by atoms with Crippen LogP contribution in [0.25, 0.3) is 0 Å². The zero-order chi connectivity index (χ0) is 14.2. The number of carbonyl (C=O) groups is 1. The van der Waals surface area contributed by atoms with Crippen molar-refractivity contribution in [3.05, 3.63) is 23.0 Å². The third kappa shape index (κ3) is 2.44. The molecule has 0 atom stereocenters. The largest absolute Gasteiger partial charge is 0.493 e. The predicted molar refractivity (Wildman–Crippen MR) is 70.6 cm³/mol. The van der Waals surface area contributed by atoms with E-state index in [1.807, 2.05) is 13.8 Å². The van der Waals surface area contributed by atoms with Gasteiger partial charge >= 0.3 is 0 Å². The summed E-state index contributed by atoms with van der Waals surface area (Å²) in [7, 11) is 2.91. The summed E-state index contributed by atoms with van der Waals surface area (Å²) >= 11 is 0. The molecular formula is C15H19FO3. The quantitative estimate of drug-likeness (QED) is 0.770. The minimum atomic E-state index is -0.390. The molecule has 3 nitrogen and oxygen atoms in total. The zero-order valence-corrected chi connectivity index (χ0v) is 11.8. The Kier molecular flexibility index (Phi) is 3.52. The third-order valence-electron chi connectivity index (χ3n) is 3.69. The van der Waals surface area contributed by atoms with Crippen molar-refractivity contribution in [1.29, 1.82) is 0 Å². The fraction of sp³-hybridized carbons (Fsp3) is 0.533. The van der Waals surface area contributed by atoms with Gasteiger partial charge in [-0.3, -0.25) is 4.79 Å². The van der Waals surface area contributed by atoms with E-state index in [4.69, 9.17) is 9.47 Å². The smallest absolute Gasteiger partial charge is 0.172 e. The highest BCUT2D eigenvalue weighted by Crippen LogP contribution is 2.42. The summed E-state index contributed by atoms with van der Waals surface area (Å²) in [5, 5.41) is 0. The first-order valence-corrected chi connectivity index (χ1v) is 6.36. The summed E-state index contributed by atoms with van der Waals surface area (Å²) in [6.07, 6.45) is 1.71. The van der Waals surface area contributed by atoms with Crippen LogP contribution >= 0.6 is 0 Å². The molecule has 104 valence electrons. The van der Waals surface area contributed by atoms with Gasteiger partial charge in [0.15, 0.2) is 17.3 Å². The Hall–Kier alpha value is -1.58. The van der Waals surface area contributed by atoms with Crippen LogP contribution in [0, 0.1) is 11.2 Å². The van der Waals surface area contributed by atoms with E-state index in [1.54, 1.807) is 0 Å².